The molecule has 1 unspecified atom stereocenters. The number of hydrogen-bond donors (Lipinski definition) is 0. The molecule has 0 N–H and O–H groups in total. The molecule has 2 rings (SSSR count). The van der Waals surface area contributed by atoms with E-state index in [0.29, 0.717) is 6.04 Å². The monoisotopic (exact) mass is 268 g/mol. The van der Waals surface area contributed by atoms with Crippen LogP contribution in [-0.4, -0.2) is 43.9 Å². The van der Waals surface area contributed by atoms with Crippen LogP contribution >= 0.6 is 11.8 Å². The average molecular weight is 268 g/mol. The van der Waals surface area contributed by atoms with E-state index >= 15 is 0 Å². The van der Waals surface area contributed by atoms with Gasteiger partial charge in [-0.2, -0.15) is 0 Å². The van der Waals surface area contributed by atoms with Crippen LogP contribution in [0.3, 0.4) is 0 Å². The third-order valence-electron chi connectivity index (χ3n) is 3.19. The highest BCUT2D eigenvalue weighted by molar-refractivity contribution is 8.00. The predicted molar refractivity (Wildman–Crippen MR) is 71.5 cm³/mol. The molecule has 0 spiro atoms. The number of thioether (sulfide) groups is 1. The molecule has 18 heavy (non-hydrogen) atoms. The number of rotatable bonds is 6. The first-order valence-corrected chi connectivity index (χ1v) is 7.40. The fraction of sp³-hybridized carbons (Fsp3) is 0.750. The fourth-order valence-corrected chi connectivity index (χ4v) is 2.90. The Hall–Kier alpha value is -1.04. The lowest BCUT2D eigenvalue weighted by Gasteiger charge is -2.22. The van der Waals surface area contributed by atoms with Crippen molar-refractivity contribution >= 4 is 17.7 Å². The molecule has 1 aliphatic carbocycles. The van der Waals surface area contributed by atoms with E-state index < -0.39 is 0 Å². The van der Waals surface area contributed by atoms with Crippen LogP contribution in [0.5, 0.6) is 0 Å². The van der Waals surface area contributed by atoms with E-state index in [4.69, 9.17) is 0 Å². The Kier molecular flexibility index (Phi) is 4.27. The zero-order valence-electron chi connectivity index (χ0n) is 11.2. The topological polar surface area (TPSA) is 51.0 Å². The molecule has 1 heterocycles. The van der Waals surface area contributed by atoms with Crippen molar-refractivity contribution in [2.45, 2.75) is 50.1 Å². The van der Waals surface area contributed by atoms with Gasteiger partial charge >= 0.3 is 0 Å². The van der Waals surface area contributed by atoms with Crippen molar-refractivity contribution in [3.8, 4) is 0 Å². The van der Waals surface area contributed by atoms with E-state index in [1.165, 1.54) is 24.6 Å². The van der Waals surface area contributed by atoms with Crippen molar-refractivity contribution in [1.82, 2.24) is 19.7 Å². The molecule has 0 radical (unpaired) electrons. The van der Waals surface area contributed by atoms with Gasteiger partial charge < -0.3 is 9.47 Å². The lowest BCUT2D eigenvalue weighted by Crippen LogP contribution is -2.36. The van der Waals surface area contributed by atoms with E-state index in [1.807, 2.05) is 25.7 Å². The summed E-state index contributed by atoms with van der Waals surface area (Å²) >= 11 is 1.51. The summed E-state index contributed by atoms with van der Waals surface area (Å²) in [7, 11) is 0. The minimum atomic E-state index is -0.105. The van der Waals surface area contributed by atoms with Crippen molar-refractivity contribution in [3.05, 3.63) is 6.33 Å². The molecular weight excluding hydrogens is 248 g/mol. The Bertz CT molecular complexity index is 412. The van der Waals surface area contributed by atoms with Crippen LogP contribution < -0.4 is 0 Å². The lowest BCUT2D eigenvalue weighted by molar-refractivity contribution is -0.129. The van der Waals surface area contributed by atoms with Crippen LogP contribution in [0.15, 0.2) is 11.5 Å². The normalized spacial score (nSPS) is 16.6. The molecule has 1 saturated carbocycles. The predicted octanol–water partition coefficient (Wildman–Crippen LogP) is 1.96. The van der Waals surface area contributed by atoms with Crippen molar-refractivity contribution in [2.75, 3.05) is 13.1 Å². The molecule has 1 aromatic heterocycles. The van der Waals surface area contributed by atoms with E-state index in [2.05, 4.69) is 14.8 Å². The number of carbonyl (C=O) groups excluding carboxylic acids is 1. The highest BCUT2D eigenvalue weighted by atomic mass is 32.2. The second-order valence-electron chi connectivity index (χ2n) is 4.52. The molecule has 5 nitrogen and oxygen atoms in total. The summed E-state index contributed by atoms with van der Waals surface area (Å²) in [5, 5.41) is 8.83. The quantitative estimate of drug-likeness (QED) is 0.740. The second-order valence-corrected chi connectivity index (χ2v) is 5.83. The van der Waals surface area contributed by atoms with Gasteiger partial charge in [0, 0.05) is 19.1 Å². The van der Waals surface area contributed by atoms with Gasteiger partial charge in [-0.05, 0) is 33.6 Å². The zero-order valence-corrected chi connectivity index (χ0v) is 12.0. The first kappa shape index (κ1) is 13.4. The van der Waals surface area contributed by atoms with Crippen molar-refractivity contribution in [3.63, 3.8) is 0 Å². The molecule has 1 fully saturated rings. The number of amides is 1. The molecule has 1 aliphatic rings. The maximum Gasteiger partial charge on any atom is 0.235 e. The number of carbonyl (C=O) groups is 1. The van der Waals surface area contributed by atoms with Gasteiger partial charge in [-0.3, -0.25) is 4.79 Å². The molecule has 1 amide bonds. The van der Waals surface area contributed by atoms with E-state index in [1.54, 1.807) is 6.33 Å². The van der Waals surface area contributed by atoms with Crippen LogP contribution in [0.1, 0.15) is 39.7 Å². The minimum absolute atomic E-state index is 0.105. The van der Waals surface area contributed by atoms with Gasteiger partial charge in [0.2, 0.25) is 5.91 Å². The Balaban J connectivity index is 1.99. The summed E-state index contributed by atoms with van der Waals surface area (Å²) in [6.45, 7) is 7.47. The Morgan fingerprint density at radius 2 is 2.22 bits per heavy atom. The highest BCUT2D eigenvalue weighted by Crippen LogP contribution is 2.38. The number of aromatic nitrogens is 3. The molecule has 6 heteroatoms. The van der Waals surface area contributed by atoms with Crippen molar-refractivity contribution < 1.29 is 4.79 Å². The van der Waals surface area contributed by atoms with Crippen molar-refractivity contribution in [2.24, 2.45) is 0 Å². The number of nitrogens with zero attached hydrogens (tertiary/aromatic N) is 4. The second kappa shape index (κ2) is 5.73. The highest BCUT2D eigenvalue weighted by Gasteiger charge is 2.28. The Labute approximate surface area is 112 Å². The van der Waals surface area contributed by atoms with E-state index in [9.17, 15) is 4.79 Å². The molecule has 1 aromatic rings. The molecule has 0 bridgehead atoms. The maximum absolute atomic E-state index is 12.2. The summed E-state index contributed by atoms with van der Waals surface area (Å²) in [5.74, 6) is 0.176. The molecule has 1 atom stereocenters. The smallest absolute Gasteiger partial charge is 0.235 e. The lowest BCUT2D eigenvalue weighted by atomic mass is 10.4. The van der Waals surface area contributed by atoms with Gasteiger partial charge in [-0.15, -0.1) is 10.2 Å². The maximum atomic E-state index is 12.2. The van der Waals surface area contributed by atoms with Crippen LogP contribution in [0, 0.1) is 0 Å². The van der Waals surface area contributed by atoms with Gasteiger partial charge in [-0.1, -0.05) is 11.8 Å². The average Bonchev–Trinajstić information content (AvgIpc) is 3.11. The summed E-state index contributed by atoms with van der Waals surface area (Å²) < 4.78 is 2.09. The van der Waals surface area contributed by atoms with Crippen LogP contribution in [0.2, 0.25) is 0 Å². The molecular formula is C12H20N4OS. The molecule has 0 saturated heterocycles. The van der Waals surface area contributed by atoms with Gasteiger partial charge in [0.1, 0.15) is 6.33 Å². The van der Waals surface area contributed by atoms with E-state index in [0.717, 1.165) is 18.2 Å². The summed E-state index contributed by atoms with van der Waals surface area (Å²) in [4.78, 5) is 14.0. The number of hydrogen-bond acceptors (Lipinski definition) is 4. The third kappa shape index (κ3) is 2.85. The standard InChI is InChI=1S/C12H20N4OS/c1-4-15(5-2)11(17)9(3)18-12-14-13-8-16(12)10-6-7-10/h8-10H,4-7H2,1-3H3. The fourth-order valence-electron chi connectivity index (χ4n) is 1.92. The van der Waals surface area contributed by atoms with Gasteiger partial charge in [0.15, 0.2) is 5.16 Å². The largest absolute Gasteiger partial charge is 0.342 e. The zero-order chi connectivity index (χ0) is 13.1. The van der Waals surface area contributed by atoms with Gasteiger partial charge in [-0.25, -0.2) is 0 Å². The SMILES string of the molecule is CCN(CC)C(=O)C(C)Sc1nncn1C1CC1. The molecule has 0 aromatic carbocycles. The minimum Gasteiger partial charge on any atom is -0.342 e. The summed E-state index contributed by atoms with van der Waals surface area (Å²) in [6, 6.07) is 0.554. The van der Waals surface area contributed by atoms with Gasteiger partial charge in [0.05, 0.1) is 5.25 Å². The molecule has 100 valence electrons. The van der Waals surface area contributed by atoms with Crippen LogP contribution in [0.25, 0.3) is 0 Å². The Morgan fingerprint density at radius 3 is 2.78 bits per heavy atom. The first-order valence-electron chi connectivity index (χ1n) is 6.52. The van der Waals surface area contributed by atoms with E-state index in [-0.39, 0.29) is 11.2 Å². The van der Waals surface area contributed by atoms with Crippen LogP contribution in [0.4, 0.5) is 0 Å². The molecule has 0 aliphatic heterocycles. The summed E-state index contributed by atoms with van der Waals surface area (Å²) in [5.41, 5.74) is 0. The first-order chi connectivity index (χ1) is 8.67. The third-order valence-corrected chi connectivity index (χ3v) is 4.24. The van der Waals surface area contributed by atoms with Gasteiger partial charge in [0.25, 0.3) is 0 Å². The Morgan fingerprint density at radius 1 is 1.56 bits per heavy atom. The summed E-state index contributed by atoms with van der Waals surface area (Å²) in [6.07, 6.45) is 4.17. The van der Waals surface area contributed by atoms with Crippen molar-refractivity contribution in [1.29, 1.82) is 0 Å². The van der Waals surface area contributed by atoms with Crippen LogP contribution in [-0.2, 0) is 4.79 Å².